The van der Waals surface area contributed by atoms with Crippen LogP contribution in [0.1, 0.15) is 34.5 Å². The molecule has 2 rings (SSSR count). The molecule has 1 heterocycles. The van der Waals surface area contributed by atoms with Crippen molar-refractivity contribution in [1.82, 2.24) is 5.32 Å². The van der Waals surface area contributed by atoms with Crippen molar-refractivity contribution < 1.29 is 9.59 Å². The molecule has 0 aliphatic carbocycles. The second-order valence-electron chi connectivity index (χ2n) is 5.02. The Balaban J connectivity index is 1.99. The van der Waals surface area contributed by atoms with Crippen molar-refractivity contribution in [2.45, 2.75) is 26.2 Å². The predicted octanol–water partition coefficient (Wildman–Crippen LogP) is 2.18. The van der Waals surface area contributed by atoms with Gasteiger partial charge in [-0.15, -0.1) is 11.3 Å². The Morgan fingerprint density at radius 2 is 2.05 bits per heavy atom. The number of amides is 2. The van der Waals surface area contributed by atoms with Crippen LogP contribution in [0.2, 0.25) is 0 Å². The smallest absolute Gasteiger partial charge is 0.263 e. The lowest BCUT2D eigenvalue weighted by Crippen LogP contribution is -2.24. The Morgan fingerprint density at radius 1 is 1.29 bits per heavy atom. The second kappa shape index (κ2) is 6.58. The summed E-state index contributed by atoms with van der Waals surface area (Å²) in [5.41, 5.74) is 12.8. The number of hydrogen-bond donors (Lipinski definition) is 3. The first-order valence-corrected chi connectivity index (χ1v) is 7.66. The van der Waals surface area contributed by atoms with Gasteiger partial charge in [-0.25, -0.2) is 0 Å². The zero-order chi connectivity index (χ0) is 15.4. The standard InChI is InChI=1S/C15H19N3O2S/c1-9-5-6-10-11(8-9)21-14(13(10)17)15(20)18-7-3-2-4-12(16)19/h5-6,8H,2-4,7,17H2,1H3,(H2,16,19)(H,18,20). The fourth-order valence-electron chi connectivity index (χ4n) is 2.10. The molecule has 2 aromatic rings. The number of hydrogen-bond acceptors (Lipinski definition) is 4. The molecule has 0 saturated heterocycles. The van der Waals surface area contributed by atoms with Gasteiger partial charge >= 0.3 is 0 Å². The number of unbranched alkanes of at least 4 members (excludes halogenated alkanes) is 1. The fourth-order valence-corrected chi connectivity index (χ4v) is 3.24. The van der Waals surface area contributed by atoms with E-state index >= 15 is 0 Å². The molecule has 0 saturated carbocycles. The summed E-state index contributed by atoms with van der Waals surface area (Å²) < 4.78 is 1.02. The number of nitrogens with two attached hydrogens (primary N) is 2. The summed E-state index contributed by atoms with van der Waals surface area (Å²) in [5, 5.41) is 3.75. The summed E-state index contributed by atoms with van der Waals surface area (Å²) in [6.07, 6.45) is 1.75. The van der Waals surface area contributed by atoms with E-state index in [2.05, 4.69) is 5.32 Å². The van der Waals surface area contributed by atoms with E-state index in [-0.39, 0.29) is 11.8 Å². The van der Waals surface area contributed by atoms with E-state index in [9.17, 15) is 9.59 Å². The van der Waals surface area contributed by atoms with Gasteiger partial charge in [0, 0.05) is 23.1 Å². The first kappa shape index (κ1) is 15.3. The number of aryl methyl sites for hydroxylation is 1. The molecule has 5 N–H and O–H groups in total. The van der Waals surface area contributed by atoms with Crippen molar-refractivity contribution >= 4 is 38.9 Å². The Kier molecular flexibility index (Phi) is 4.80. The van der Waals surface area contributed by atoms with Crippen LogP contribution in [0.4, 0.5) is 5.69 Å². The second-order valence-corrected chi connectivity index (χ2v) is 6.08. The molecule has 0 unspecified atom stereocenters. The lowest BCUT2D eigenvalue weighted by molar-refractivity contribution is -0.118. The van der Waals surface area contributed by atoms with E-state index in [0.29, 0.717) is 30.0 Å². The molecule has 112 valence electrons. The van der Waals surface area contributed by atoms with E-state index in [0.717, 1.165) is 22.1 Å². The normalized spacial score (nSPS) is 10.7. The van der Waals surface area contributed by atoms with Gasteiger partial charge in [0.15, 0.2) is 0 Å². The van der Waals surface area contributed by atoms with Gasteiger partial charge in [-0.2, -0.15) is 0 Å². The van der Waals surface area contributed by atoms with Crippen LogP contribution >= 0.6 is 11.3 Å². The third kappa shape index (κ3) is 3.72. The number of anilines is 1. The van der Waals surface area contributed by atoms with E-state index in [1.165, 1.54) is 11.3 Å². The van der Waals surface area contributed by atoms with Crippen molar-refractivity contribution in [3.63, 3.8) is 0 Å². The third-order valence-electron chi connectivity index (χ3n) is 3.23. The molecule has 1 aromatic carbocycles. The molecule has 0 atom stereocenters. The van der Waals surface area contributed by atoms with Crippen LogP contribution in [0.3, 0.4) is 0 Å². The van der Waals surface area contributed by atoms with Gasteiger partial charge in [0.05, 0.1) is 5.69 Å². The first-order chi connectivity index (χ1) is 9.99. The van der Waals surface area contributed by atoms with Gasteiger partial charge in [-0.1, -0.05) is 12.1 Å². The third-order valence-corrected chi connectivity index (χ3v) is 4.39. The Hall–Kier alpha value is -2.08. The summed E-state index contributed by atoms with van der Waals surface area (Å²) in [6, 6.07) is 5.96. The van der Waals surface area contributed by atoms with Crippen molar-refractivity contribution in [3.05, 3.63) is 28.6 Å². The highest BCUT2D eigenvalue weighted by atomic mass is 32.1. The average molecular weight is 305 g/mol. The maximum absolute atomic E-state index is 12.1. The molecule has 1 aromatic heterocycles. The van der Waals surface area contributed by atoms with E-state index in [1.54, 1.807) is 0 Å². The highest BCUT2D eigenvalue weighted by Gasteiger charge is 2.15. The van der Waals surface area contributed by atoms with Crippen LogP contribution in [-0.2, 0) is 4.79 Å². The molecule has 0 aliphatic rings. The number of carbonyl (C=O) groups is 2. The zero-order valence-electron chi connectivity index (χ0n) is 11.9. The van der Waals surface area contributed by atoms with Gasteiger partial charge in [-0.3, -0.25) is 9.59 Å². The molecular formula is C15H19N3O2S. The highest BCUT2D eigenvalue weighted by Crippen LogP contribution is 2.34. The number of fused-ring (bicyclic) bond motifs is 1. The Bertz CT molecular complexity index is 679. The molecule has 0 bridgehead atoms. The monoisotopic (exact) mass is 305 g/mol. The summed E-state index contributed by atoms with van der Waals surface area (Å²) >= 11 is 1.40. The predicted molar refractivity (Wildman–Crippen MR) is 86.4 cm³/mol. The van der Waals surface area contributed by atoms with Crippen LogP contribution in [-0.4, -0.2) is 18.4 Å². The zero-order valence-corrected chi connectivity index (χ0v) is 12.8. The number of carbonyl (C=O) groups excluding carboxylic acids is 2. The lowest BCUT2D eigenvalue weighted by Gasteiger charge is -2.03. The van der Waals surface area contributed by atoms with Gasteiger partial charge in [0.2, 0.25) is 5.91 Å². The van der Waals surface area contributed by atoms with Gasteiger partial charge in [0.25, 0.3) is 5.91 Å². The molecule has 0 spiro atoms. The summed E-state index contributed by atoms with van der Waals surface area (Å²) in [4.78, 5) is 23.3. The number of primary amides is 1. The number of rotatable bonds is 6. The topological polar surface area (TPSA) is 98.2 Å². The molecule has 5 nitrogen and oxygen atoms in total. The minimum atomic E-state index is -0.314. The van der Waals surface area contributed by atoms with Crippen LogP contribution in [0.25, 0.3) is 10.1 Å². The van der Waals surface area contributed by atoms with Crippen LogP contribution in [0, 0.1) is 6.92 Å². The van der Waals surface area contributed by atoms with Crippen molar-refractivity contribution in [2.24, 2.45) is 5.73 Å². The average Bonchev–Trinajstić information content (AvgIpc) is 2.74. The maximum Gasteiger partial charge on any atom is 0.263 e. The Morgan fingerprint density at radius 3 is 2.76 bits per heavy atom. The number of nitrogens with one attached hydrogen (secondary N) is 1. The van der Waals surface area contributed by atoms with E-state index in [1.807, 2.05) is 25.1 Å². The van der Waals surface area contributed by atoms with Gasteiger partial charge < -0.3 is 16.8 Å². The molecule has 21 heavy (non-hydrogen) atoms. The fraction of sp³-hybridized carbons (Fsp3) is 0.333. The summed E-state index contributed by atoms with van der Waals surface area (Å²) in [6.45, 7) is 2.52. The van der Waals surface area contributed by atoms with Crippen molar-refractivity contribution in [1.29, 1.82) is 0 Å². The van der Waals surface area contributed by atoms with Crippen LogP contribution in [0.15, 0.2) is 18.2 Å². The summed E-state index contributed by atoms with van der Waals surface area (Å²) in [7, 11) is 0. The molecular weight excluding hydrogens is 286 g/mol. The molecule has 0 aliphatic heterocycles. The SMILES string of the molecule is Cc1ccc2c(N)c(C(=O)NCCCCC(N)=O)sc2c1. The minimum absolute atomic E-state index is 0.162. The van der Waals surface area contributed by atoms with Crippen molar-refractivity contribution in [3.8, 4) is 0 Å². The molecule has 2 amide bonds. The lowest BCUT2D eigenvalue weighted by atomic mass is 10.1. The highest BCUT2D eigenvalue weighted by molar-refractivity contribution is 7.21. The minimum Gasteiger partial charge on any atom is -0.397 e. The molecule has 0 fully saturated rings. The van der Waals surface area contributed by atoms with Crippen molar-refractivity contribution in [2.75, 3.05) is 12.3 Å². The van der Waals surface area contributed by atoms with Gasteiger partial charge in [0.1, 0.15) is 4.88 Å². The first-order valence-electron chi connectivity index (χ1n) is 6.84. The Labute approximate surface area is 127 Å². The maximum atomic E-state index is 12.1. The quantitative estimate of drug-likeness (QED) is 0.713. The van der Waals surface area contributed by atoms with Crippen LogP contribution in [0.5, 0.6) is 0 Å². The van der Waals surface area contributed by atoms with E-state index in [4.69, 9.17) is 11.5 Å². The van der Waals surface area contributed by atoms with Gasteiger partial charge in [-0.05, 0) is 31.4 Å². The number of nitrogen functional groups attached to an aromatic ring is 1. The number of benzene rings is 1. The molecule has 0 radical (unpaired) electrons. The summed E-state index contributed by atoms with van der Waals surface area (Å²) in [5.74, 6) is -0.476. The van der Waals surface area contributed by atoms with E-state index < -0.39 is 0 Å². The molecule has 6 heteroatoms. The largest absolute Gasteiger partial charge is 0.397 e. The number of thiophene rings is 1. The van der Waals surface area contributed by atoms with Crippen LogP contribution < -0.4 is 16.8 Å².